The number of rotatable bonds is 5. The van der Waals surface area contributed by atoms with Crippen LogP contribution < -0.4 is 5.32 Å². The Balaban J connectivity index is 1.59. The number of benzene rings is 1. The van der Waals surface area contributed by atoms with Gasteiger partial charge in [0, 0.05) is 31.7 Å². The highest BCUT2D eigenvalue weighted by Gasteiger charge is 2.32. The van der Waals surface area contributed by atoms with Crippen molar-refractivity contribution in [3.8, 4) is 0 Å². The first-order chi connectivity index (χ1) is 11.1. The molecule has 0 saturated carbocycles. The lowest BCUT2D eigenvalue weighted by Gasteiger charge is -2.40. The molecule has 1 N–H and O–H groups in total. The fourth-order valence-electron chi connectivity index (χ4n) is 3.62. The van der Waals surface area contributed by atoms with E-state index in [1.54, 1.807) is 0 Å². The molecule has 3 rings (SSSR count). The molecule has 1 amide bonds. The maximum atomic E-state index is 12.0. The molecule has 2 fully saturated rings. The highest BCUT2D eigenvalue weighted by Crippen LogP contribution is 2.26. The fourth-order valence-corrected chi connectivity index (χ4v) is 3.62. The Labute approximate surface area is 139 Å². The van der Waals surface area contributed by atoms with Gasteiger partial charge in [-0.1, -0.05) is 24.3 Å². The third-order valence-electron chi connectivity index (χ3n) is 4.79. The van der Waals surface area contributed by atoms with Gasteiger partial charge in [0.1, 0.15) is 0 Å². The monoisotopic (exact) mass is 313 g/mol. The number of hydrogen-bond acceptors (Lipinski definition) is 3. The first kappa shape index (κ1) is 16.2. The number of nitrogens with zero attached hydrogens (tertiary/aromatic N) is 2. The summed E-state index contributed by atoms with van der Waals surface area (Å²) in [4.78, 5) is 17.2. The van der Waals surface area contributed by atoms with Gasteiger partial charge in [0.2, 0.25) is 0 Å². The van der Waals surface area contributed by atoms with Gasteiger partial charge < -0.3 is 5.32 Å². The Bertz CT molecular complexity index is 566. The van der Waals surface area contributed by atoms with Crippen molar-refractivity contribution in [2.24, 2.45) is 0 Å². The molecule has 2 aliphatic heterocycles. The summed E-state index contributed by atoms with van der Waals surface area (Å²) in [5.74, 6) is -0.0282. The molecule has 1 aromatic carbocycles. The first-order valence-electron chi connectivity index (χ1n) is 8.63. The van der Waals surface area contributed by atoms with E-state index in [1.165, 1.54) is 44.5 Å². The van der Waals surface area contributed by atoms with Crippen LogP contribution >= 0.6 is 0 Å². The smallest absolute Gasteiger partial charge is 0.251 e. The molecule has 23 heavy (non-hydrogen) atoms. The number of hydrogen-bond donors (Lipinski definition) is 1. The van der Waals surface area contributed by atoms with Gasteiger partial charge in [-0.15, -0.1) is 0 Å². The Morgan fingerprint density at radius 1 is 1.22 bits per heavy atom. The minimum atomic E-state index is -0.0282. The predicted octanol–water partition coefficient (Wildman–Crippen LogP) is 2.62. The second kappa shape index (κ2) is 7.28. The maximum absolute atomic E-state index is 12.0. The second-order valence-electron chi connectivity index (χ2n) is 6.82. The normalized spacial score (nSPS) is 21.9. The Morgan fingerprint density at radius 2 is 1.96 bits per heavy atom. The third-order valence-corrected chi connectivity index (χ3v) is 4.79. The van der Waals surface area contributed by atoms with Crippen LogP contribution in [0, 0.1) is 0 Å². The van der Waals surface area contributed by atoms with Crippen LogP contribution in [-0.4, -0.2) is 48.1 Å². The lowest BCUT2D eigenvalue weighted by Crippen LogP contribution is -2.49. The van der Waals surface area contributed by atoms with E-state index in [2.05, 4.69) is 33.8 Å². The van der Waals surface area contributed by atoms with Crippen molar-refractivity contribution in [3.05, 3.63) is 47.5 Å². The van der Waals surface area contributed by atoms with Crippen molar-refractivity contribution in [1.29, 1.82) is 0 Å². The molecule has 124 valence electrons. The number of fused-ring (bicyclic) bond motifs is 1. The largest absolute Gasteiger partial charge is 0.348 e. The molecule has 1 aromatic rings. The molecular weight excluding hydrogens is 286 g/mol. The molecule has 2 heterocycles. The Morgan fingerprint density at radius 3 is 2.70 bits per heavy atom. The zero-order chi connectivity index (χ0) is 16.2. The zero-order valence-electron chi connectivity index (χ0n) is 14.1. The summed E-state index contributed by atoms with van der Waals surface area (Å²) in [6.45, 7) is 10.9. The molecule has 4 nitrogen and oxygen atoms in total. The SMILES string of the molecule is C=C(C)CNC(=O)c1ccc(CN2CCCN3CCCC32)cc1. The van der Waals surface area contributed by atoms with Crippen molar-refractivity contribution in [1.82, 2.24) is 15.1 Å². The number of nitrogens with one attached hydrogen (secondary N) is 1. The molecule has 0 aromatic heterocycles. The minimum absolute atomic E-state index is 0.0282. The predicted molar refractivity (Wildman–Crippen MR) is 93.2 cm³/mol. The van der Waals surface area contributed by atoms with Crippen LogP contribution in [-0.2, 0) is 6.54 Å². The molecule has 1 atom stereocenters. The van der Waals surface area contributed by atoms with Crippen LogP contribution in [0.2, 0.25) is 0 Å². The number of carbonyl (C=O) groups excluding carboxylic acids is 1. The van der Waals surface area contributed by atoms with E-state index < -0.39 is 0 Å². The van der Waals surface area contributed by atoms with Gasteiger partial charge in [-0.05, 0) is 50.4 Å². The summed E-state index contributed by atoms with van der Waals surface area (Å²) in [6.07, 6.45) is 4.50. The van der Waals surface area contributed by atoms with E-state index in [0.29, 0.717) is 12.7 Å². The van der Waals surface area contributed by atoms with Crippen molar-refractivity contribution >= 4 is 5.91 Å². The van der Waals surface area contributed by atoms with Crippen LogP contribution in [0.3, 0.4) is 0 Å². The Hall–Kier alpha value is -1.65. The molecule has 0 radical (unpaired) electrons. The molecule has 1 unspecified atom stereocenters. The highest BCUT2D eigenvalue weighted by atomic mass is 16.1. The van der Waals surface area contributed by atoms with Crippen molar-refractivity contribution in [2.75, 3.05) is 26.2 Å². The summed E-state index contributed by atoms with van der Waals surface area (Å²) in [5.41, 5.74) is 2.97. The van der Waals surface area contributed by atoms with Gasteiger partial charge in [0.15, 0.2) is 0 Å². The van der Waals surface area contributed by atoms with Gasteiger partial charge in [-0.3, -0.25) is 14.6 Å². The number of carbonyl (C=O) groups is 1. The second-order valence-corrected chi connectivity index (χ2v) is 6.82. The van der Waals surface area contributed by atoms with Crippen LogP contribution in [0.15, 0.2) is 36.4 Å². The van der Waals surface area contributed by atoms with Crippen LogP contribution in [0.5, 0.6) is 0 Å². The van der Waals surface area contributed by atoms with E-state index >= 15 is 0 Å². The summed E-state index contributed by atoms with van der Waals surface area (Å²) in [7, 11) is 0. The molecule has 0 spiro atoms. The summed E-state index contributed by atoms with van der Waals surface area (Å²) < 4.78 is 0. The summed E-state index contributed by atoms with van der Waals surface area (Å²) in [5, 5.41) is 2.87. The molecular formula is C19H27N3O. The lowest BCUT2D eigenvalue weighted by molar-refractivity contribution is 0.0287. The van der Waals surface area contributed by atoms with Gasteiger partial charge in [0.25, 0.3) is 5.91 Å². The van der Waals surface area contributed by atoms with Crippen molar-refractivity contribution in [2.45, 2.75) is 38.9 Å². The highest BCUT2D eigenvalue weighted by molar-refractivity contribution is 5.94. The van der Waals surface area contributed by atoms with E-state index in [1.807, 2.05) is 19.1 Å². The van der Waals surface area contributed by atoms with Gasteiger partial charge in [0.05, 0.1) is 6.17 Å². The standard InChI is InChI=1S/C19H27N3O/c1-15(2)13-20-19(23)17-8-6-16(7-9-17)14-22-12-4-11-21-10-3-5-18(21)22/h6-9,18H,1,3-5,10-14H2,2H3,(H,20,23). The Kier molecular flexibility index (Phi) is 5.13. The molecule has 4 heteroatoms. The quantitative estimate of drug-likeness (QED) is 0.849. The summed E-state index contributed by atoms with van der Waals surface area (Å²) >= 11 is 0. The topological polar surface area (TPSA) is 35.6 Å². The third kappa shape index (κ3) is 4.01. The summed E-state index contributed by atoms with van der Waals surface area (Å²) in [6, 6.07) is 8.03. The number of amides is 1. The fraction of sp³-hybridized carbons (Fsp3) is 0.526. The van der Waals surface area contributed by atoms with Crippen molar-refractivity contribution in [3.63, 3.8) is 0 Å². The van der Waals surface area contributed by atoms with Crippen LogP contribution in [0.25, 0.3) is 0 Å². The van der Waals surface area contributed by atoms with E-state index in [0.717, 1.165) is 17.7 Å². The van der Waals surface area contributed by atoms with Gasteiger partial charge >= 0.3 is 0 Å². The zero-order valence-corrected chi connectivity index (χ0v) is 14.1. The maximum Gasteiger partial charge on any atom is 0.251 e. The van der Waals surface area contributed by atoms with Crippen molar-refractivity contribution < 1.29 is 4.79 Å². The van der Waals surface area contributed by atoms with E-state index in [-0.39, 0.29) is 5.91 Å². The van der Waals surface area contributed by atoms with E-state index in [4.69, 9.17) is 0 Å². The molecule has 2 aliphatic rings. The first-order valence-corrected chi connectivity index (χ1v) is 8.63. The van der Waals surface area contributed by atoms with Crippen LogP contribution in [0.4, 0.5) is 0 Å². The minimum Gasteiger partial charge on any atom is -0.348 e. The van der Waals surface area contributed by atoms with Gasteiger partial charge in [-0.2, -0.15) is 0 Å². The molecule has 2 saturated heterocycles. The molecule has 0 aliphatic carbocycles. The van der Waals surface area contributed by atoms with Gasteiger partial charge in [-0.25, -0.2) is 0 Å². The average Bonchev–Trinajstić information content (AvgIpc) is 3.03. The van der Waals surface area contributed by atoms with Crippen LogP contribution in [0.1, 0.15) is 42.1 Å². The average molecular weight is 313 g/mol. The molecule has 0 bridgehead atoms. The van der Waals surface area contributed by atoms with E-state index in [9.17, 15) is 4.79 Å². The lowest BCUT2D eigenvalue weighted by atomic mass is 10.1.